The topological polar surface area (TPSA) is 15.3 Å². The molecule has 0 aromatic carbocycles. The Labute approximate surface area is 108 Å². The van der Waals surface area contributed by atoms with Crippen LogP contribution in [0.15, 0.2) is 0 Å². The van der Waals surface area contributed by atoms with Crippen molar-refractivity contribution in [3.05, 3.63) is 0 Å². The van der Waals surface area contributed by atoms with E-state index >= 15 is 0 Å². The van der Waals surface area contributed by atoms with Crippen LogP contribution in [0.2, 0.25) is 0 Å². The molecule has 2 nitrogen and oxygen atoms in total. The van der Waals surface area contributed by atoms with Gasteiger partial charge in [0.1, 0.15) is 0 Å². The molecule has 1 N–H and O–H groups in total. The summed E-state index contributed by atoms with van der Waals surface area (Å²) in [4.78, 5) is 2.67. The van der Waals surface area contributed by atoms with Crippen LogP contribution in [0.4, 0.5) is 0 Å². The second-order valence-electron chi connectivity index (χ2n) is 5.67. The van der Waals surface area contributed by atoms with Gasteiger partial charge < -0.3 is 10.2 Å². The Balaban J connectivity index is 2.35. The Morgan fingerprint density at radius 3 is 2.06 bits per heavy atom. The molecule has 0 amide bonds. The summed E-state index contributed by atoms with van der Waals surface area (Å²) in [6.45, 7) is 14.2. The fraction of sp³-hybridized carbons (Fsp3) is 1.00. The molecular formula is C15H32N2. The Hall–Kier alpha value is -0.0800. The van der Waals surface area contributed by atoms with Crippen molar-refractivity contribution in [2.24, 2.45) is 5.41 Å². The monoisotopic (exact) mass is 240 g/mol. The van der Waals surface area contributed by atoms with Gasteiger partial charge in [-0.1, -0.05) is 40.5 Å². The zero-order valence-corrected chi connectivity index (χ0v) is 12.4. The van der Waals surface area contributed by atoms with Crippen LogP contribution in [0.3, 0.4) is 0 Å². The standard InChI is InChI=1S/C15H32N2/c1-5-14(16-8-4)13-17-11-9-15(6-2,7-3)10-12-17/h14,16H,5-13H2,1-4H3. The normalized spacial score (nSPS) is 22.6. The number of likely N-dealkylation sites (N-methyl/N-ethyl adjacent to an activating group) is 1. The molecule has 0 aromatic heterocycles. The van der Waals surface area contributed by atoms with Crippen LogP contribution >= 0.6 is 0 Å². The van der Waals surface area contributed by atoms with E-state index in [9.17, 15) is 0 Å². The lowest BCUT2D eigenvalue weighted by Gasteiger charge is -2.42. The number of hydrogen-bond acceptors (Lipinski definition) is 2. The van der Waals surface area contributed by atoms with Crippen molar-refractivity contribution in [2.75, 3.05) is 26.2 Å². The number of likely N-dealkylation sites (tertiary alicyclic amines) is 1. The first-order chi connectivity index (χ1) is 8.19. The van der Waals surface area contributed by atoms with Crippen molar-refractivity contribution in [1.29, 1.82) is 0 Å². The number of hydrogen-bond donors (Lipinski definition) is 1. The highest BCUT2D eigenvalue weighted by molar-refractivity contribution is 4.85. The van der Waals surface area contributed by atoms with Gasteiger partial charge >= 0.3 is 0 Å². The minimum atomic E-state index is 0.663. The van der Waals surface area contributed by atoms with Crippen molar-refractivity contribution in [3.63, 3.8) is 0 Å². The summed E-state index contributed by atoms with van der Waals surface area (Å²) in [6.07, 6.45) is 6.78. The van der Waals surface area contributed by atoms with E-state index in [-0.39, 0.29) is 0 Å². The number of rotatable bonds is 7. The van der Waals surface area contributed by atoms with Gasteiger partial charge in [0.15, 0.2) is 0 Å². The molecule has 0 spiro atoms. The lowest BCUT2D eigenvalue weighted by atomic mass is 9.74. The Kier molecular flexibility index (Phi) is 6.50. The van der Waals surface area contributed by atoms with Crippen molar-refractivity contribution in [2.45, 2.75) is 65.8 Å². The van der Waals surface area contributed by atoms with Gasteiger partial charge in [0.25, 0.3) is 0 Å². The van der Waals surface area contributed by atoms with Crippen LogP contribution in [0.1, 0.15) is 59.8 Å². The third-order valence-electron chi connectivity index (χ3n) is 4.88. The van der Waals surface area contributed by atoms with Gasteiger partial charge in [-0.2, -0.15) is 0 Å². The third-order valence-corrected chi connectivity index (χ3v) is 4.88. The molecule has 0 radical (unpaired) electrons. The van der Waals surface area contributed by atoms with Crippen LogP contribution in [-0.2, 0) is 0 Å². The van der Waals surface area contributed by atoms with E-state index in [1.54, 1.807) is 0 Å². The van der Waals surface area contributed by atoms with E-state index < -0.39 is 0 Å². The van der Waals surface area contributed by atoms with Crippen LogP contribution in [0.25, 0.3) is 0 Å². The molecule has 1 aliphatic heterocycles. The Bertz CT molecular complexity index is 189. The third kappa shape index (κ3) is 4.26. The predicted octanol–water partition coefficient (Wildman–Crippen LogP) is 3.28. The highest BCUT2D eigenvalue weighted by atomic mass is 15.2. The van der Waals surface area contributed by atoms with Gasteiger partial charge in [-0.25, -0.2) is 0 Å². The summed E-state index contributed by atoms with van der Waals surface area (Å²) in [6, 6.07) is 0.691. The highest BCUT2D eigenvalue weighted by Gasteiger charge is 2.31. The molecule has 1 heterocycles. The number of nitrogens with one attached hydrogen (secondary N) is 1. The minimum absolute atomic E-state index is 0.663. The second kappa shape index (κ2) is 7.38. The summed E-state index contributed by atoms with van der Waals surface area (Å²) in [5.74, 6) is 0. The quantitative estimate of drug-likeness (QED) is 0.735. The maximum absolute atomic E-state index is 3.59. The second-order valence-corrected chi connectivity index (χ2v) is 5.67. The molecular weight excluding hydrogens is 208 g/mol. The zero-order valence-electron chi connectivity index (χ0n) is 12.4. The molecule has 102 valence electrons. The van der Waals surface area contributed by atoms with E-state index in [2.05, 4.69) is 37.9 Å². The molecule has 17 heavy (non-hydrogen) atoms. The lowest BCUT2D eigenvalue weighted by molar-refractivity contribution is 0.0882. The van der Waals surface area contributed by atoms with E-state index in [0.29, 0.717) is 11.5 Å². The van der Waals surface area contributed by atoms with Crippen molar-refractivity contribution >= 4 is 0 Å². The van der Waals surface area contributed by atoms with Gasteiger partial charge in [-0.3, -0.25) is 0 Å². The minimum Gasteiger partial charge on any atom is -0.313 e. The van der Waals surface area contributed by atoms with Gasteiger partial charge in [-0.15, -0.1) is 0 Å². The van der Waals surface area contributed by atoms with E-state index in [4.69, 9.17) is 0 Å². The molecule has 1 atom stereocenters. The Morgan fingerprint density at radius 1 is 1.06 bits per heavy atom. The summed E-state index contributed by atoms with van der Waals surface area (Å²) in [5, 5.41) is 3.59. The Morgan fingerprint density at radius 2 is 1.65 bits per heavy atom. The van der Waals surface area contributed by atoms with Crippen molar-refractivity contribution in [3.8, 4) is 0 Å². The smallest absolute Gasteiger partial charge is 0.0192 e. The molecule has 1 aliphatic rings. The van der Waals surface area contributed by atoms with E-state index in [0.717, 1.165) is 6.54 Å². The molecule has 1 rings (SSSR count). The largest absolute Gasteiger partial charge is 0.313 e. The zero-order chi connectivity index (χ0) is 12.7. The molecule has 2 heteroatoms. The van der Waals surface area contributed by atoms with Crippen LogP contribution in [0, 0.1) is 5.41 Å². The predicted molar refractivity (Wildman–Crippen MR) is 76.4 cm³/mol. The van der Waals surface area contributed by atoms with Gasteiger partial charge in [0.2, 0.25) is 0 Å². The fourth-order valence-electron chi connectivity index (χ4n) is 3.11. The first-order valence-electron chi connectivity index (χ1n) is 7.65. The van der Waals surface area contributed by atoms with Crippen LogP contribution in [0.5, 0.6) is 0 Å². The summed E-state index contributed by atoms with van der Waals surface area (Å²) in [5.41, 5.74) is 0.663. The maximum Gasteiger partial charge on any atom is 0.0192 e. The summed E-state index contributed by atoms with van der Waals surface area (Å²) < 4.78 is 0. The van der Waals surface area contributed by atoms with Crippen LogP contribution < -0.4 is 5.32 Å². The first-order valence-corrected chi connectivity index (χ1v) is 7.65. The maximum atomic E-state index is 3.59. The van der Waals surface area contributed by atoms with E-state index in [1.165, 1.54) is 51.7 Å². The van der Waals surface area contributed by atoms with E-state index in [1.807, 2.05) is 0 Å². The number of nitrogens with zero attached hydrogens (tertiary/aromatic N) is 1. The number of piperidine rings is 1. The van der Waals surface area contributed by atoms with Gasteiger partial charge in [0.05, 0.1) is 0 Å². The highest BCUT2D eigenvalue weighted by Crippen LogP contribution is 2.37. The molecule has 0 bridgehead atoms. The molecule has 1 saturated heterocycles. The average molecular weight is 240 g/mol. The SMILES string of the molecule is CCNC(CC)CN1CCC(CC)(CC)CC1. The molecule has 0 aliphatic carbocycles. The van der Waals surface area contributed by atoms with Gasteiger partial charge in [0, 0.05) is 12.6 Å². The molecule has 1 fully saturated rings. The fourth-order valence-corrected chi connectivity index (χ4v) is 3.11. The molecule has 0 saturated carbocycles. The van der Waals surface area contributed by atoms with Crippen molar-refractivity contribution < 1.29 is 0 Å². The average Bonchev–Trinajstić information content (AvgIpc) is 2.39. The van der Waals surface area contributed by atoms with Crippen LogP contribution in [-0.4, -0.2) is 37.1 Å². The first kappa shape index (κ1) is 15.0. The van der Waals surface area contributed by atoms with Crippen molar-refractivity contribution in [1.82, 2.24) is 10.2 Å². The lowest BCUT2D eigenvalue weighted by Crippen LogP contribution is -2.46. The molecule has 1 unspecified atom stereocenters. The summed E-state index contributed by atoms with van der Waals surface area (Å²) in [7, 11) is 0. The van der Waals surface area contributed by atoms with Gasteiger partial charge in [-0.05, 0) is 44.3 Å². The molecule has 0 aromatic rings. The summed E-state index contributed by atoms with van der Waals surface area (Å²) >= 11 is 0.